The van der Waals surface area contributed by atoms with Crippen LogP contribution in [-0.4, -0.2) is 21.1 Å². The van der Waals surface area contributed by atoms with Crippen molar-refractivity contribution in [1.82, 2.24) is 0 Å². The van der Waals surface area contributed by atoms with Gasteiger partial charge < -0.3 is 10.2 Å². The van der Waals surface area contributed by atoms with Crippen LogP contribution >= 0.6 is 15.9 Å². The third-order valence-corrected chi connectivity index (χ3v) is 3.00. The van der Waals surface area contributed by atoms with Gasteiger partial charge in [0.1, 0.15) is 10.0 Å². The van der Waals surface area contributed by atoms with Crippen LogP contribution in [0.5, 0.6) is 0 Å². The molecule has 1 atom stereocenters. The molecule has 0 aliphatic rings. The summed E-state index contributed by atoms with van der Waals surface area (Å²) in [5, 5.41) is 28.5. The number of benzene rings is 1. The van der Waals surface area contributed by atoms with E-state index in [0.717, 1.165) is 0 Å². The number of hydrogen-bond donors (Lipinski definition) is 2. The predicted molar refractivity (Wildman–Crippen MR) is 58.4 cm³/mol. The van der Waals surface area contributed by atoms with Gasteiger partial charge in [-0.3, -0.25) is 10.1 Å². The van der Waals surface area contributed by atoms with Gasteiger partial charge in [0.2, 0.25) is 0 Å². The molecule has 1 rings (SSSR count). The van der Waals surface area contributed by atoms with Gasteiger partial charge in [0.15, 0.2) is 6.10 Å². The number of carboxylic acids is 1. The molecular formula is C9H5BrF3NO5. The second-order valence-corrected chi connectivity index (χ2v) is 4.15. The van der Waals surface area contributed by atoms with Crippen LogP contribution in [0, 0.1) is 10.1 Å². The lowest BCUT2D eigenvalue weighted by molar-refractivity contribution is -0.389. The topological polar surface area (TPSA) is 101 Å². The molecule has 6 nitrogen and oxygen atoms in total. The first-order chi connectivity index (χ1) is 8.57. The quantitative estimate of drug-likeness (QED) is 0.648. The molecule has 10 heteroatoms. The van der Waals surface area contributed by atoms with Crippen LogP contribution < -0.4 is 0 Å². The zero-order valence-corrected chi connectivity index (χ0v) is 10.4. The molecule has 104 valence electrons. The molecule has 0 heterocycles. The molecule has 1 aromatic rings. The Kier molecular flexibility index (Phi) is 4.15. The van der Waals surface area contributed by atoms with Gasteiger partial charge in [-0.15, -0.1) is 0 Å². The van der Waals surface area contributed by atoms with Crippen LogP contribution in [0.1, 0.15) is 17.2 Å². The van der Waals surface area contributed by atoms with Crippen molar-refractivity contribution in [2.75, 3.05) is 0 Å². The molecule has 0 amide bonds. The van der Waals surface area contributed by atoms with Crippen LogP contribution in [0.25, 0.3) is 0 Å². The monoisotopic (exact) mass is 343 g/mol. The van der Waals surface area contributed by atoms with E-state index < -0.39 is 44.5 Å². The van der Waals surface area contributed by atoms with E-state index in [1.807, 2.05) is 0 Å². The predicted octanol–water partition coefficient (Wildman–Crippen LogP) is 2.49. The molecule has 0 fully saturated rings. The summed E-state index contributed by atoms with van der Waals surface area (Å²) in [6, 6.07) is 1.02. The van der Waals surface area contributed by atoms with E-state index in [1.54, 1.807) is 0 Å². The number of nitro benzene ring substituents is 1. The van der Waals surface area contributed by atoms with Gasteiger partial charge in [0, 0.05) is 5.56 Å². The Morgan fingerprint density at radius 3 is 2.32 bits per heavy atom. The van der Waals surface area contributed by atoms with Crippen molar-refractivity contribution in [3.63, 3.8) is 0 Å². The Hall–Kier alpha value is -1.68. The van der Waals surface area contributed by atoms with Crippen LogP contribution in [0.3, 0.4) is 0 Å². The van der Waals surface area contributed by atoms with Gasteiger partial charge in [-0.1, -0.05) is 6.07 Å². The molecular weight excluding hydrogens is 339 g/mol. The molecule has 19 heavy (non-hydrogen) atoms. The molecule has 0 spiro atoms. The average molecular weight is 344 g/mol. The number of rotatable bonds is 3. The van der Waals surface area contributed by atoms with Gasteiger partial charge in [-0.25, -0.2) is 4.79 Å². The SMILES string of the molecule is O=C(O)C(O)c1ccc(C(F)(F)F)c([N+](=O)[O-])c1Br. The van der Waals surface area contributed by atoms with Crippen molar-refractivity contribution in [1.29, 1.82) is 0 Å². The first-order valence-corrected chi connectivity index (χ1v) is 5.31. The molecule has 1 unspecified atom stereocenters. The summed E-state index contributed by atoms with van der Waals surface area (Å²) in [4.78, 5) is 19.9. The van der Waals surface area contributed by atoms with Crippen molar-refractivity contribution in [3.05, 3.63) is 37.8 Å². The molecule has 0 bridgehead atoms. The Balaban J connectivity index is 3.57. The molecule has 0 saturated carbocycles. The highest BCUT2D eigenvalue weighted by molar-refractivity contribution is 9.10. The Bertz CT molecular complexity index is 545. The molecule has 0 aliphatic heterocycles. The molecule has 0 aliphatic carbocycles. The third-order valence-electron chi connectivity index (χ3n) is 2.16. The number of aliphatic carboxylic acids is 1. The first kappa shape index (κ1) is 15.4. The normalized spacial score (nSPS) is 13.1. The van der Waals surface area contributed by atoms with Gasteiger partial charge >= 0.3 is 12.1 Å². The zero-order valence-electron chi connectivity index (χ0n) is 8.81. The Morgan fingerprint density at radius 1 is 1.42 bits per heavy atom. The average Bonchev–Trinajstić information content (AvgIpc) is 2.25. The van der Waals surface area contributed by atoms with Gasteiger partial charge in [-0.2, -0.15) is 13.2 Å². The minimum Gasteiger partial charge on any atom is -0.479 e. The highest BCUT2D eigenvalue weighted by Crippen LogP contribution is 2.42. The largest absolute Gasteiger partial charge is 0.479 e. The van der Waals surface area contributed by atoms with Gasteiger partial charge in [0.25, 0.3) is 5.69 Å². The van der Waals surface area contributed by atoms with Crippen LogP contribution in [0.4, 0.5) is 18.9 Å². The minimum atomic E-state index is -4.97. The minimum absolute atomic E-state index is 0.352. The fraction of sp³-hybridized carbons (Fsp3) is 0.222. The number of carbonyl (C=O) groups is 1. The standard InChI is InChI=1S/C9H5BrF3NO5/c10-5-3(7(15)8(16)17)1-2-4(9(11,12)13)6(5)14(18)19/h1-2,7,15H,(H,16,17). The number of aliphatic hydroxyl groups is 1. The maximum absolute atomic E-state index is 12.6. The van der Waals surface area contributed by atoms with Crippen molar-refractivity contribution in [3.8, 4) is 0 Å². The molecule has 0 radical (unpaired) electrons. The third kappa shape index (κ3) is 3.01. The lowest BCUT2D eigenvalue weighted by atomic mass is 10.0. The van der Waals surface area contributed by atoms with Crippen molar-refractivity contribution >= 4 is 27.6 Å². The lowest BCUT2D eigenvalue weighted by Crippen LogP contribution is -2.15. The maximum atomic E-state index is 12.6. The summed E-state index contributed by atoms with van der Waals surface area (Å²) in [5.74, 6) is -1.74. The van der Waals surface area contributed by atoms with E-state index in [0.29, 0.717) is 12.1 Å². The van der Waals surface area contributed by atoms with Crippen molar-refractivity contribution in [2.24, 2.45) is 0 Å². The van der Waals surface area contributed by atoms with E-state index >= 15 is 0 Å². The number of nitro groups is 1. The van der Waals surface area contributed by atoms with E-state index in [9.17, 15) is 33.2 Å². The Labute approximate surface area is 111 Å². The van der Waals surface area contributed by atoms with E-state index in [1.165, 1.54) is 0 Å². The number of carboxylic acid groups (broad SMARTS) is 1. The Morgan fingerprint density at radius 2 is 1.95 bits per heavy atom. The summed E-state index contributed by atoms with van der Waals surface area (Å²) < 4.78 is 37.0. The first-order valence-electron chi connectivity index (χ1n) is 4.52. The number of halogens is 4. The molecule has 0 saturated heterocycles. The fourth-order valence-corrected chi connectivity index (χ4v) is 2.04. The van der Waals surface area contributed by atoms with E-state index in [-0.39, 0.29) is 0 Å². The summed E-state index contributed by atoms with van der Waals surface area (Å²) in [6.07, 6.45) is -7.15. The number of aliphatic hydroxyl groups excluding tert-OH is 1. The van der Waals surface area contributed by atoms with Crippen LogP contribution in [0.15, 0.2) is 16.6 Å². The summed E-state index contributed by atoms with van der Waals surface area (Å²) in [5.41, 5.74) is -3.41. The second kappa shape index (κ2) is 5.13. The van der Waals surface area contributed by atoms with Gasteiger partial charge in [-0.05, 0) is 22.0 Å². The number of hydrogen-bond acceptors (Lipinski definition) is 4. The summed E-state index contributed by atoms with van der Waals surface area (Å²) in [6.45, 7) is 0. The summed E-state index contributed by atoms with van der Waals surface area (Å²) in [7, 11) is 0. The second-order valence-electron chi connectivity index (χ2n) is 3.36. The zero-order chi connectivity index (χ0) is 15.0. The fourth-order valence-electron chi connectivity index (χ4n) is 1.33. The van der Waals surface area contributed by atoms with Crippen molar-refractivity contribution in [2.45, 2.75) is 12.3 Å². The summed E-state index contributed by atoms with van der Waals surface area (Å²) >= 11 is 2.53. The van der Waals surface area contributed by atoms with E-state index in [4.69, 9.17) is 5.11 Å². The van der Waals surface area contributed by atoms with Gasteiger partial charge in [0.05, 0.1) is 4.92 Å². The van der Waals surface area contributed by atoms with E-state index in [2.05, 4.69) is 15.9 Å². The van der Waals surface area contributed by atoms with Crippen LogP contribution in [-0.2, 0) is 11.0 Å². The molecule has 1 aromatic carbocycles. The van der Waals surface area contributed by atoms with Crippen molar-refractivity contribution < 1.29 is 33.1 Å². The highest BCUT2D eigenvalue weighted by atomic mass is 79.9. The number of alkyl halides is 3. The highest BCUT2D eigenvalue weighted by Gasteiger charge is 2.41. The smallest absolute Gasteiger partial charge is 0.423 e. The number of nitrogens with zero attached hydrogens (tertiary/aromatic N) is 1. The lowest BCUT2D eigenvalue weighted by Gasteiger charge is -2.13. The van der Waals surface area contributed by atoms with Crippen LogP contribution in [0.2, 0.25) is 0 Å². The molecule has 2 N–H and O–H groups in total. The molecule has 0 aromatic heterocycles. The maximum Gasteiger partial charge on any atom is 0.423 e.